The van der Waals surface area contributed by atoms with Crippen LogP contribution in [0.15, 0.2) is 24.3 Å². The largest absolute Gasteiger partial charge is 0.313 e. The van der Waals surface area contributed by atoms with Gasteiger partial charge in [-0.1, -0.05) is 31.2 Å². The average Bonchev–Trinajstić information content (AvgIpc) is 2.71. The molecule has 0 saturated carbocycles. The maximum Gasteiger partial charge on any atom is 0.0242 e. The molecule has 0 atom stereocenters. The third kappa shape index (κ3) is 3.80. The summed E-state index contributed by atoms with van der Waals surface area (Å²) in [6.07, 6.45) is 3.85. The molecule has 1 aliphatic rings. The smallest absolute Gasteiger partial charge is 0.0242 e. The van der Waals surface area contributed by atoms with Crippen molar-refractivity contribution in [1.82, 2.24) is 10.2 Å². The van der Waals surface area contributed by atoms with E-state index in [4.69, 9.17) is 0 Å². The molecule has 0 amide bonds. The van der Waals surface area contributed by atoms with Gasteiger partial charge in [0.1, 0.15) is 0 Å². The minimum Gasteiger partial charge on any atom is -0.313 e. The van der Waals surface area contributed by atoms with Crippen molar-refractivity contribution >= 4 is 0 Å². The predicted molar refractivity (Wildman–Crippen MR) is 82.2 cm³/mol. The first-order valence-electron chi connectivity index (χ1n) is 7.66. The summed E-state index contributed by atoms with van der Waals surface area (Å²) in [6, 6.07) is 8.88. The van der Waals surface area contributed by atoms with Crippen LogP contribution in [0.25, 0.3) is 0 Å². The Morgan fingerprint density at radius 1 is 1.21 bits per heavy atom. The van der Waals surface area contributed by atoms with Crippen LogP contribution in [0.1, 0.15) is 51.2 Å². The summed E-state index contributed by atoms with van der Waals surface area (Å²) >= 11 is 0. The molecule has 19 heavy (non-hydrogen) atoms. The van der Waals surface area contributed by atoms with Gasteiger partial charge >= 0.3 is 0 Å². The van der Waals surface area contributed by atoms with Crippen LogP contribution in [0.5, 0.6) is 0 Å². The van der Waals surface area contributed by atoms with Crippen molar-refractivity contribution in [3.05, 3.63) is 35.4 Å². The van der Waals surface area contributed by atoms with E-state index in [1.165, 1.54) is 36.9 Å². The molecule has 2 nitrogen and oxygen atoms in total. The van der Waals surface area contributed by atoms with Crippen LogP contribution in [0.3, 0.4) is 0 Å². The molecule has 0 aromatic heterocycles. The fraction of sp³-hybridized carbons (Fsp3) is 0.647. The summed E-state index contributed by atoms with van der Waals surface area (Å²) < 4.78 is 0. The number of likely N-dealkylation sites (tertiary alicyclic amines) is 1. The quantitative estimate of drug-likeness (QED) is 0.787. The Labute approximate surface area is 118 Å². The molecular weight excluding hydrogens is 232 g/mol. The summed E-state index contributed by atoms with van der Waals surface area (Å²) in [5.41, 5.74) is 3.31. The summed E-state index contributed by atoms with van der Waals surface area (Å²) in [7, 11) is 0. The highest BCUT2D eigenvalue weighted by Gasteiger charge is 2.31. The first-order chi connectivity index (χ1) is 9.13. The highest BCUT2D eigenvalue weighted by Crippen LogP contribution is 2.30. The Morgan fingerprint density at radius 2 is 1.95 bits per heavy atom. The van der Waals surface area contributed by atoms with Crippen LogP contribution in [0.4, 0.5) is 0 Å². The third-order valence-electron chi connectivity index (χ3n) is 4.29. The van der Waals surface area contributed by atoms with Crippen LogP contribution in [0, 0.1) is 0 Å². The maximum absolute atomic E-state index is 3.52. The van der Waals surface area contributed by atoms with Gasteiger partial charge in [-0.15, -0.1) is 0 Å². The molecule has 106 valence electrons. The van der Waals surface area contributed by atoms with Crippen LogP contribution < -0.4 is 5.32 Å². The van der Waals surface area contributed by atoms with E-state index in [-0.39, 0.29) is 0 Å². The van der Waals surface area contributed by atoms with Crippen LogP contribution in [0.2, 0.25) is 0 Å². The lowest BCUT2D eigenvalue weighted by atomic mass is 10.0. The zero-order valence-electron chi connectivity index (χ0n) is 12.7. The average molecular weight is 260 g/mol. The molecule has 1 N–H and O–H groups in total. The van der Waals surface area contributed by atoms with E-state index in [9.17, 15) is 0 Å². The van der Waals surface area contributed by atoms with E-state index < -0.39 is 0 Å². The molecule has 0 bridgehead atoms. The molecule has 2 rings (SSSR count). The Balaban J connectivity index is 2.03. The Bertz CT molecular complexity index is 398. The minimum absolute atomic E-state index is 0.365. The lowest BCUT2D eigenvalue weighted by molar-refractivity contribution is 0.166. The van der Waals surface area contributed by atoms with E-state index in [0.717, 1.165) is 19.6 Å². The molecular formula is C17H28N2. The van der Waals surface area contributed by atoms with Gasteiger partial charge in [-0.25, -0.2) is 0 Å². The van der Waals surface area contributed by atoms with Crippen molar-refractivity contribution in [3.63, 3.8) is 0 Å². The molecule has 1 heterocycles. The molecule has 0 aliphatic carbocycles. The molecule has 1 aliphatic heterocycles. The van der Waals surface area contributed by atoms with Crippen molar-refractivity contribution in [2.45, 2.75) is 58.7 Å². The molecule has 1 aromatic carbocycles. The molecule has 0 radical (unpaired) electrons. The number of hydrogen-bond acceptors (Lipinski definition) is 2. The summed E-state index contributed by atoms with van der Waals surface area (Å²) in [4.78, 5) is 2.63. The second kappa shape index (κ2) is 6.53. The first-order valence-corrected chi connectivity index (χ1v) is 7.66. The van der Waals surface area contributed by atoms with E-state index in [1.807, 2.05) is 0 Å². The topological polar surface area (TPSA) is 15.3 Å². The SMILES string of the molecule is CCCNCc1ccccc1CN1CCCC1(C)C. The van der Waals surface area contributed by atoms with Crippen molar-refractivity contribution in [2.24, 2.45) is 0 Å². The number of hydrogen-bond donors (Lipinski definition) is 1. The first kappa shape index (κ1) is 14.5. The van der Waals surface area contributed by atoms with E-state index >= 15 is 0 Å². The van der Waals surface area contributed by atoms with Crippen molar-refractivity contribution in [1.29, 1.82) is 0 Å². The number of nitrogens with one attached hydrogen (secondary N) is 1. The number of benzene rings is 1. The molecule has 0 spiro atoms. The van der Waals surface area contributed by atoms with Gasteiger partial charge in [0.2, 0.25) is 0 Å². The van der Waals surface area contributed by atoms with Gasteiger partial charge in [-0.3, -0.25) is 4.90 Å². The van der Waals surface area contributed by atoms with E-state index in [0.29, 0.717) is 5.54 Å². The Hall–Kier alpha value is -0.860. The lowest BCUT2D eigenvalue weighted by Crippen LogP contribution is -2.37. The van der Waals surface area contributed by atoms with Crippen LogP contribution >= 0.6 is 0 Å². The Morgan fingerprint density at radius 3 is 2.58 bits per heavy atom. The fourth-order valence-electron chi connectivity index (χ4n) is 2.95. The normalized spacial score (nSPS) is 18.9. The zero-order valence-corrected chi connectivity index (χ0v) is 12.7. The summed E-state index contributed by atoms with van der Waals surface area (Å²) in [5, 5.41) is 3.52. The highest BCUT2D eigenvalue weighted by molar-refractivity contribution is 5.27. The molecule has 2 heteroatoms. The molecule has 1 fully saturated rings. The van der Waals surface area contributed by atoms with Gasteiger partial charge in [0.05, 0.1) is 0 Å². The summed E-state index contributed by atoms with van der Waals surface area (Å²) in [5.74, 6) is 0. The van der Waals surface area contributed by atoms with Gasteiger partial charge in [0.15, 0.2) is 0 Å². The van der Waals surface area contributed by atoms with Gasteiger partial charge < -0.3 is 5.32 Å². The zero-order chi connectivity index (χ0) is 13.7. The Kier molecular flexibility index (Phi) is 5.00. The van der Waals surface area contributed by atoms with E-state index in [1.54, 1.807) is 0 Å². The molecule has 1 aromatic rings. The highest BCUT2D eigenvalue weighted by atomic mass is 15.2. The molecule has 1 saturated heterocycles. The fourth-order valence-corrected chi connectivity index (χ4v) is 2.95. The summed E-state index contributed by atoms with van der Waals surface area (Å²) in [6.45, 7) is 11.4. The second-order valence-electron chi connectivity index (χ2n) is 6.28. The van der Waals surface area contributed by atoms with Gasteiger partial charge in [0, 0.05) is 18.6 Å². The number of nitrogens with zero attached hydrogens (tertiary/aromatic N) is 1. The van der Waals surface area contributed by atoms with E-state index in [2.05, 4.69) is 55.3 Å². The van der Waals surface area contributed by atoms with Gasteiger partial charge in [0.25, 0.3) is 0 Å². The molecule has 0 unspecified atom stereocenters. The number of rotatable bonds is 6. The lowest BCUT2D eigenvalue weighted by Gasteiger charge is -2.32. The standard InChI is InChI=1S/C17H28N2/c1-4-11-18-13-15-8-5-6-9-16(15)14-19-12-7-10-17(19,2)3/h5-6,8-9,18H,4,7,10-14H2,1-3H3. The predicted octanol–water partition coefficient (Wildman–Crippen LogP) is 3.56. The van der Waals surface area contributed by atoms with Gasteiger partial charge in [-0.2, -0.15) is 0 Å². The van der Waals surface area contributed by atoms with Crippen LogP contribution in [-0.2, 0) is 13.1 Å². The van der Waals surface area contributed by atoms with Crippen molar-refractivity contribution in [2.75, 3.05) is 13.1 Å². The van der Waals surface area contributed by atoms with Gasteiger partial charge in [-0.05, 0) is 57.3 Å². The van der Waals surface area contributed by atoms with Crippen molar-refractivity contribution < 1.29 is 0 Å². The monoisotopic (exact) mass is 260 g/mol. The van der Waals surface area contributed by atoms with Crippen LogP contribution in [-0.4, -0.2) is 23.5 Å². The second-order valence-corrected chi connectivity index (χ2v) is 6.28. The maximum atomic E-state index is 3.52. The third-order valence-corrected chi connectivity index (χ3v) is 4.29. The minimum atomic E-state index is 0.365. The van der Waals surface area contributed by atoms with Crippen molar-refractivity contribution in [3.8, 4) is 0 Å².